The smallest absolute Gasteiger partial charge is 0.261 e. The van der Waals surface area contributed by atoms with Crippen LogP contribution >= 0.6 is 11.8 Å². The summed E-state index contributed by atoms with van der Waals surface area (Å²) in [7, 11) is 1.57. The standard InChI is InChI=1S/C23H21N3O3S/c1-3-26-19-10-9-15(14-25-21(27)16-6-4-7-17(13-16)29-2)12-20(19)30-22-18(23(26)28)8-5-11-24-22/h4-13H,3,14H2,1-2H3,(H,25,27). The minimum atomic E-state index is -0.172. The molecule has 0 spiro atoms. The van der Waals surface area contributed by atoms with E-state index in [0.29, 0.717) is 35.0 Å². The quantitative estimate of drug-likeness (QED) is 0.673. The molecule has 0 bridgehead atoms. The number of hydrogen-bond donors (Lipinski definition) is 1. The van der Waals surface area contributed by atoms with Crippen LogP contribution in [0, 0.1) is 0 Å². The Morgan fingerprint density at radius 3 is 2.83 bits per heavy atom. The normalized spacial score (nSPS) is 12.6. The molecule has 7 heteroatoms. The molecule has 0 saturated carbocycles. The van der Waals surface area contributed by atoms with Crippen molar-refractivity contribution in [2.75, 3.05) is 18.6 Å². The van der Waals surface area contributed by atoms with Gasteiger partial charge in [-0.3, -0.25) is 9.59 Å². The number of pyridine rings is 1. The number of carbonyl (C=O) groups is 2. The third kappa shape index (κ3) is 3.89. The first-order valence-corrected chi connectivity index (χ1v) is 10.4. The number of anilines is 1. The maximum absolute atomic E-state index is 12.9. The van der Waals surface area contributed by atoms with Crippen LogP contribution in [0.5, 0.6) is 5.75 Å². The van der Waals surface area contributed by atoms with E-state index in [1.165, 1.54) is 11.8 Å². The number of nitrogens with one attached hydrogen (secondary N) is 1. The molecular weight excluding hydrogens is 398 g/mol. The summed E-state index contributed by atoms with van der Waals surface area (Å²) in [4.78, 5) is 32.5. The predicted octanol–water partition coefficient (Wildman–Crippen LogP) is 4.15. The predicted molar refractivity (Wildman–Crippen MR) is 116 cm³/mol. The first-order chi connectivity index (χ1) is 14.6. The molecule has 6 nitrogen and oxygen atoms in total. The number of rotatable bonds is 5. The molecule has 1 aliphatic rings. The van der Waals surface area contributed by atoms with Gasteiger partial charge in [-0.15, -0.1) is 0 Å². The lowest BCUT2D eigenvalue weighted by atomic mass is 10.1. The van der Waals surface area contributed by atoms with Gasteiger partial charge in [0.15, 0.2) is 0 Å². The number of ether oxygens (including phenoxy) is 1. The summed E-state index contributed by atoms with van der Waals surface area (Å²) >= 11 is 1.47. The number of carbonyl (C=O) groups excluding carboxylic acids is 2. The van der Waals surface area contributed by atoms with Gasteiger partial charge in [-0.1, -0.05) is 23.9 Å². The van der Waals surface area contributed by atoms with Gasteiger partial charge in [-0.05, 0) is 55.0 Å². The first-order valence-electron chi connectivity index (χ1n) is 9.60. The molecule has 2 aromatic carbocycles. The van der Waals surface area contributed by atoms with E-state index in [0.717, 1.165) is 16.1 Å². The zero-order valence-electron chi connectivity index (χ0n) is 16.7. The van der Waals surface area contributed by atoms with Crippen LogP contribution < -0.4 is 15.0 Å². The Morgan fingerprint density at radius 2 is 2.03 bits per heavy atom. The van der Waals surface area contributed by atoms with Crippen LogP contribution in [0.3, 0.4) is 0 Å². The maximum atomic E-state index is 12.9. The van der Waals surface area contributed by atoms with E-state index in [9.17, 15) is 9.59 Å². The fraction of sp³-hybridized carbons (Fsp3) is 0.174. The van der Waals surface area contributed by atoms with E-state index in [1.807, 2.05) is 31.2 Å². The lowest BCUT2D eigenvalue weighted by molar-refractivity contribution is 0.0949. The van der Waals surface area contributed by atoms with E-state index in [-0.39, 0.29) is 11.8 Å². The van der Waals surface area contributed by atoms with Crippen molar-refractivity contribution < 1.29 is 14.3 Å². The van der Waals surface area contributed by atoms with Gasteiger partial charge in [0, 0.05) is 29.7 Å². The van der Waals surface area contributed by atoms with Crippen LogP contribution in [-0.4, -0.2) is 30.5 Å². The van der Waals surface area contributed by atoms with Crippen molar-refractivity contribution in [1.82, 2.24) is 10.3 Å². The Labute approximate surface area is 179 Å². The van der Waals surface area contributed by atoms with Crippen molar-refractivity contribution in [3.63, 3.8) is 0 Å². The fourth-order valence-electron chi connectivity index (χ4n) is 3.33. The van der Waals surface area contributed by atoms with E-state index in [4.69, 9.17) is 4.74 Å². The van der Waals surface area contributed by atoms with Gasteiger partial charge in [0.2, 0.25) is 0 Å². The van der Waals surface area contributed by atoms with E-state index >= 15 is 0 Å². The molecule has 3 aromatic rings. The maximum Gasteiger partial charge on any atom is 0.261 e. The third-order valence-corrected chi connectivity index (χ3v) is 5.94. The topological polar surface area (TPSA) is 71.5 Å². The average Bonchev–Trinajstić information content (AvgIpc) is 2.90. The number of benzene rings is 2. The first kappa shape index (κ1) is 20.0. The molecule has 0 saturated heterocycles. The largest absolute Gasteiger partial charge is 0.497 e. The van der Waals surface area contributed by atoms with Crippen LogP contribution in [-0.2, 0) is 6.54 Å². The molecule has 0 aliphatic carbocycles. The number of nitrogens with zero attached hydrogens (tertiary/aromatic N) is 2. The molecule has 1 aliphatic heterocycles. The molecule has 2 heterocycles. The number of hydrogen-bond acceptors (Lipinski definition) is 5. The minimum Gasteiger partial charge on any atom is -0.497 e. The lowest BCUT2D eigenvalue weighted by Crippen LogP contribution is -2.30. The lowest BCUT2D eigenvalue weighted by Gasteiger charge is -2.21. The zero-order valence-corrected chi connectivity index (χ0v) is 17.5. The highest BCUT2D eigenvalue weighted by atomic mass is 32.2. The van der Waals surface area contributed by atoms with Gasteiger partial charge in [0.1, 0.15) is 10.8 Å². The third-order valence-electron chi connectivity index (χ3n) is 4.87. The number of aromatic nitrogens is 1. The number of fused-ring (bicyclic) bond motifs is 2. The Kier molecular flexibility index (Phi) is 5.72. The second kappa shape index (κ2) is 8.59. The molecule has 1 aromatic heterocycles. The highest BCUT2D eigenvalue weighted by molar-refractivity contribution is 7.99. The minimum absolute atomic E-state index is 0.0501. The van der Waals surface area contributed by atoms with Crippen molar-refractivity contribution in [2.45, 2.75) is 23.4 Å². The molecule has 30 heavy (non-hydrogen) atoms. The van der Waals surface area contributed by atoms with Gasteiger partial charge in [-0.2, -0.15) is 0 Å². The summed E-state index contributed by atoms with van der Waals surface area (Å²) in [6.07, 6.45) is 1.69. The highest BCUT2D eigenvalue weighted by Crippen LogP contribution is 2.40. The molecular formula is C23H21N3O3S. The van der Waals surface area contributed by atoms with Crippen LogP contribution in [0.4, 0.5) is 5.69 Å². The van der Waals surface area contributed by atoms with Crippen molar-refractivity contribution in [3.05, 3.63) is 77.5 Å². The molecule has 0 radical (unpaired) electrons. The molecule has 0 fully saturated rings. The summed E-state index contributed by atoms with van der Waals surface area (Å²) < 4.78 is 5.18. The van der Waals surface area contributed by atoms with Gasteiger partial charge >= 0.3 is 0 Å². The molecule has 2 amide bonds. The average molecular weight is 420 g/mol. The monoisotopic (exact) mass is 419 g/mol. The Hall–Kier alpha value is -3.32. The Balaban J connectivity index is 1.57. The molecule has 4 rings (SSSR count). The van der Waals surface area contributed by atoms with Crippen LogP contribution in [0.1, 0.15) is 33.2 Å². The summed E-state index contributed by atoms with van der Waals surface area (Å²) in [5.74, 6) is 0.416. The second-order valence-corrected chi connectivity index (χ2v) is 7.75. The zero-order chi connectivity index (χ0) is 21.1. The summed E-state index contributed by atoms with van der Waals surface area (Å²) in [6.45, 7) is 2.89. The molecule has 152 valence electrons. The van der Waals surface area contributed by atoms with Gasteiger partial charge in [-0.25, -0.2) is 4.98 Å². The summed E-state index contributed by atoms with van der Waals surface area (Å²) in [5, 5.41) is 3.63. The van der Waals surface area contributed by atoms with Crippen molar-refractivity contribution >= 4 is 29.3 Å². The van der Waals surface area contributed by atoms with Crippen LogP contribution in [0.15, 0.2) is 70.7 Å². The Bertz CT molecular complexity index is 1120. The van der Waals surface area contributed by atoms with E-state index < -0.39 is 0 Å². The Morgan fingerprint density at radius 1 is 1.17 bits per heavy atom. The van der Waals surface area contributed by atoms with Gasteiger partial charge in [0.05, 0.1) is 18.4 Å². The molecule has 0 unspecified atom stereocenters. The molecule has 0 atom stereocenters. The van der Waals surface area contributed by atoms with Crippen molar-refractivity contribution in [2.24, 2.45) is 0 Å². The van der Waals surface area contributed by atoms with Crippen LogP contribution in [0.2, 0.25) is 0 Å². The van der Waals surface area contributed by atoms with E-state index in [2.05, 4.69) is 10.3 Å². The van der Waals surface area contributed by atoms with Crippen LogP contribution in [0.25, 0.3) is 0 Å². The summed E-state index contributed by atoms with van der Waals surface area (Å²) in [5.41, 5.74) is 2.95. The second-order valence-electron chi connectivity index (χ2n) is 6.72. The van der Waals surface area contributed by atoms with Gasteiger partial charge < -0.3 is 15.0 Å². The fourth-order valence-corrected chi connectivity index (χ4v) is 4.41. The number of methoxy groups -OCH3 is 1. The van der Waals surface area contributed by atoms with Gasteiger partial charge in [0.25, 0.3) is 11.8 Å². The highest BCUT2D eigenvalue weighted by Gasteiger charge is 2.27. The SMILES string of the molecule is CCN1C(=O)c2cccnc2Sc2cc(CNC(=O)c3cccc(OC)c3)ccc21. The molecule has 1 N–H and O–H groups in total. The van der Waals surface area contributed by atoms with Crippen molar-refractivity contribution in [3.8, 4) is 5.75 Å². The summed E-state index contributed by atoms with van der Waals surface area (Å²) in [6, 6.07) is 16.5. The number of amides is 2. The van der Waals surface area contributed by atoms with Crippen molar-refractivity contribution in [1.29, 1.82) is 0 Å². The van der Waals surface area contributed by atoms with E-state index in [1.54, 1.807) is 48.5 Å².